The number of nitrogens with one attached hydrogen (secondary N) is 1. The number of carbonyl (C=O) groups excluding carboxylic acids is 1. The van der Waals surface area contributed by atoms with Gasteiger partial charge in [-0.05, 0) is 62.4 Å². The molecule has 4 rings (SSSR count). The Hall–Kier alpha value is -3.12. The number of benzene rings is 3. The van der Waals surface area contributed by atoms with E-state index in [0.717, 1.165) is 9.99 Å². The molecule has 1 N–H and O–H groups in total. The Balaban J connectivity index is 1.59. The van der Waals surface area contributed by atoms with E-state index in [1.54, 1.807) is 13.8 Å². The number of amides is 1. The number of nitrogens with zero attached hydrogens (tertiary/aromatic N) is 1. The van der Waals surface area contributed by atoms with Gasteiger partial charge in [-0.1, -0.05) is 40.2 Å². The van der Waals surface area contributed by atoms with Gasteiger partial charge >= 0.3 is 0 Å². The minimum atomic E-state index is -1.08. The molecule has 0 unspecified atom stereocenters. The van der Waals surface area contributed by atoms with Crippen LogP contribution in [0.1, 0.15) is 13.8 Å². The predicted molar refractivity (Wildman–Crippen MR) is 117 cm³/mol. The quantitative estimate of drug-likeness (QED) is 0.401. The highest BCUT2D eigenvalue weighted by Crippen LogP contribution is 2.31. The van der Waals surface area contributed by atoms with Crippen molar-refractivity contribution in [2.24, 2.45) is 0 Å². The van der Waals surface area contributed by atoms with Gasteiger partial charge in [-0.3, -0.25) is 4.79 Å². The Labute approximate surface area is 176 Å². The number of halogens is 1. The summed E-state index contributed by atoms with van der Waals surface area (Å²) in [4.78, 5) is 17.5. The van der Waals surface area contributed by atoms with Crippen LogP contribution in [0.3, 0.4) is 0 Å². The maximum absolute atomic E-state index is 13.0. The normalized spacial score (nSPS) is 11.4. The minimum Gasteiger partial charge on any atom is -0.478 e. The average Bonchev–Trinajstić information content (AvgIpc) is 3.14. The molecule has 146 valence electrons. The molecule has 0 atom stereocenters. The molecule has 29 heavy (non-hydrogen) atoms. The summed E-state index contributed by atoms with van der Waals surface area (Å²) in [7, 11) is 0. The molecule has 0 aliphatic carbocycles. The van der Waals surface area contributed by atoms with E-state index in [2.05, 4.69) is 26.2 Å². The topological polar surface area (TPSA) is 64.4 Å². The van der Waals surface area contributed by atoms with E-state index >= 15 is 0 Å². The molecule has 0 aliphatic heterocycles. The Bertz CT molecular complexity index is 1130. The number of aromatic nitrogens is 1. The standard InChI is InChI=1S/C23H19BrN2O3/c1-23(2,29-16-13-11-15(24)12-14-16)22(27)26-18-8-4-3-7-17(18)21-25-19-9-5-6-10-20(19)28-21/h3-14H,1-2H3,(H,26,27). The van der Waals surface area contributed by atoms with Crippen molar-refractivity contribution in [1.82, 2.24) is 4.98 Å². The molecule has 4 aromatic rings. The van der Waals surface area contributed by atoms with E-state index in [1.807, 2.05) is 72.8 Å². The lowest BCUT2D eigenvalue weighted by atomic mass is 10.1. The van der Waals surface area contributed by atoms with Crippen molar-refractivity contribution in [3.63, 3.8) is 0 Å². The maximum atomic E-state index is 13.0. The SMILES string of the molecule is CC(C)(Oc1ccc(Br)cc1)C(=O)Nc1ccccc1-c1nc2ccccc2o1. The van der Waals surface area contributed by atoms with Crippen LogP contribution in [0.25, 0.3) is 22.6 Å². The fourth-order valence-electron chi connectivity index (χ4n) is 2.88. The van der Waals surface area contributed by atoms with Gasteiger partial charge in [0.15, 0.2) is 11.2 Å². The van der Waals surface area contributed by atoms with Crippen molar-refractivity contribution >= 4 is 38.6 Å². The van der Waals surface area contributed by atoms with Gasteiger partial charge in [0.05, 0.1) is 11.3 Å². The van der Waals surface area contributed by atoms with Crippen LogP contribution in [0.2, 0.25) is 0 Å². The molecule has 1 aromatic heterocycles. The summed E-state index contributed by atoms with van der Waals surface area (Å²) in [5, 5.41) is 2.95. The summed E-state index contributed by atoms with van der Waals surface area (Å²) >= 11 is 3.39. The zero-order valence-electron chi connectivity index (χ0n) is 16.0. The summed E-state index contributed by atoms with van der Waals surface area (Å²) in [5.41, 5.74) is 1.69. The number of anilines is 1. The van der Waals surface area contributed by atoms with Crippen LogP contribution >= 0.6 is 15.9 Å². The number of carbonyl (C=O) groups is 1. The van der Waals surface area contributed by atoms with Gasteiger partial charge in [-0.15, -0.1) is 0 Å². The van der Waals surface area contributed by atoms with E-state index < -0.39 is 5.60 Å². The molecule has 1 amide bonds. The van der Waals surface area contributed by atoms with Gasteiger partial charge in [-0.2, -0.15) is 0 Å². The third kappa shape index (κ3) is 4.17. The molecule has 6 heteroatoms. The number of ether oxygens (including phenoxy) is 1. The van der Waals surface area contributed by atoms with Gasteiger partial charge in [0, 0.05) is 4.47 Å². The lowest BCUT2D eigenvalue weighted by molar-refractivity contribution is -0.128. The molecule has 0 radical (unpaired) electrons. The van der Waals surface area contributed by atoms with E-state index in [0.29, 0.717) is 28.5 Å². The molecule has 0 saturated heterocycles. The van der Waals surface area contributed by atoms with E-state index in [1.165, 1.54) is 0 Å². The number of para-hydroxylation sites is 3. The van der Waals surface area contributed by atoms with Crippen LogP contribution in [-0.4, -0.2) is 16.5 Å². The zero-order valence-corrected chi connectivity index (χ0v) is 17.6. The molecule has 5 nitrogen and oxygen atoms in total. The van der Waals surface area contributed by atoms with Crippen LogP contribution in [0, 0.1) is 0 Å². The van der Waals surface area contributed by atoms with Crippen LogP contribution in [0.5, 0.6) is 5.75 Å². The lowest BCUT2D eigenvalue weighted by Gasteiger charge is -2.25. The van der Waals surface area contributed by atoms with Crippen LogP contribution < -0.4 is 10.1 Å². The third-order valence-electron chi connectivity index (χ3n) is 4.43. The van der Waals surface area contributed by atoms with Crippen molar-refractivity contribution in [2.75, 3.05) is 5.32 Å². The first-order valence-electron chi connectivity index (χ1n) is 9.13. The van der Waals surface area contributed by atoms with Gasteiger partial charge in [0.2, 0.25) is 5.89 Å². The van der Waals surface area contributed by atoms with Gasteiger partial charge < -0.3 is 14.5 Å². The minimum absolute atomic E-state index is 0.274. The summed E-state index contributed by atoms with van der Waals surface area (Å²) < 4.78 is 12.7. The molecular formula is C23H19BrN2O3. The second-order valence-corrected chi connectivity index (χ2v) is 7.97. The monoisotopic (exact) mass is 450 g/mol. The maximum Gasteiger partial charge on any atom is 0.267 e. The molecule has 3 aromatic carbocycles. The highest BCUT2D eigenvalue weighted by atomic mass is 79.9. The summed E-state index contributed by atoms with van der Waals surface area (Å²) in [6.45, 7) is 3.46. The number of hydrogen-bond donors (Lipinski definition) is 1. The van der Waals surface area contributed by atoms with Crippen molar-refractivity contribution in [3.8, 4) is 17.2 Å². The highest BCUT2D eigenvalue weighted by molar-refractivity contribution is 9.10. The number of rotatable bonds is 5. The zero-order chi connectivity index (χ0) is 20.4. The molecule has 0 fully saturated rings. The number of hydrogen-bond acceptors (Lipinski definition) is 4. The van der Waals surface area contributed by atoms with Gasteiger partial charge in [0.25, 0.3) is 5.91 Å². The van der Waals surface area contributed by atoms with Crippen LogP contribution in [0.4, 0.5) is 5.69 Å². The fraction of sp³-hybridized carbons (Fsp3) is 0.130. The van der Waals surface area contributed by atoms with Crippen molar-refractivity contribution in [2.45, 2.75) is 19.4 Å². The summed E-state index contributed by atoms with van der Waals surface area (Å²) in [6, 6.07) is 22.3. The Kier molecular flexibility index (Phi) is 5.11. The van der Waals surface area contributed by atoms with Crippen molar-refractivity contribution < 1.29 is 13.9 Å². The Morgan fingerprint density at radius 2 is 1.69 bits per heavy atom. The smallest absolute Gasteiger partial charge is 0.267 e. The first-order valence-corrected chi connectivity index (χ1v) is 9.93. The Morgan fingerprint density at radius 3 is 2.45 bits per heavy atom. The average molecular weight is 451 g/mol. The molecule has 0 bridgehead atoms. The number of fused-ring (bicyclic) bond motifs is 1. The number of oxazole rings is 1. The van der Waals surface area contributed by atoms with Crippen molar-refractivity contribution in [1.29, 1.82) is 0 Å². The lowest BCUT2D eigenvalue weighted by Crippen LogP contribution is -2.42. The molecule has 0 spiro atoms. The van der Waals surface area contributed by atoms with E-state index in [4.69, 9.17) is 9.15 Å². The summed E-state index contributed by atoms with van der Waals surface area (Å²) in [6.07, 6.45) is 0. The van der Waals surface area contributed by atoms with Crippen LogP contribution in [0.15, 0.2) is 81.7 Å². The second kappa shape index (κ2) is 7.72. The largest absolute Gasteiger partial charge is 0.478 e. The Morgan fingerprint density at radius 1 is 1.00 bits per heavy atom. The first-order chi connectivity index (χ1) is 13.9. The van der Waals surface area contributed by atoms with E-state index in [-0.39, 0.29) is 5.91 Å². The predicted octanol–water partition coefficient (Wildman–Crippen LogP) is 6.05. The van der Waals surface area contributed by atoms with Gasteiger partial charge in [-0.25, -0.2) is 4.98 Å². The van der Waals surface area contributed by atoms with E-state index in [9.17, 15) is 4.79 Å². The molecular weight excluding hydrogens is 432 g/mol. The molecule has 0 aliphatic rings. The van der Waals surface area contributed by atoms with Gasteiger partial charge in [0.1, 0.15) is 11.3 Å². The second-order valence-electron chi connectivity index (χ2n) is 7.05. The molecule has 0 saturated carbocycles. The molecule has 1 heterocycles. The fourth-order valence-corrected chi connectivity index (χ4v) is 3.15. The third-order valence-corrected chi connectivity index (χ3v) is 4.96. The van der Waals surface area contributed by atoms with Crippen molar-refractivity contribution in [3.05, 3.63) is 77.3 Å². The summed E-state index contributed by atoms with van der Waals surface area (Å²) in [5.74, 6) is 0.790. The first kappa shape index (κ1) is 19.2. The van der Waals surface area contributed by atoms with Crippen LogP contribution in [-0.2, 0) is 4.79 Å². The highest BCUT2D eigenvalue weighted by Gasteiger charge is 2.31.